The largest absolute Gasteiger partial charge is 0.352 e. The molecule has 1 aliphatic rings. The van der Waals surface area contributed by atoms with Crippen LogP contribution in [0.3, 0.4) is 0 Å². The summed E-state index contributed by atoms with van der Waals surface area (Å²) >= 11 is 0. The molecule has 4 nitrogen and oxygen atoms in total. The van der Waals surface area contributed by atoms with Gasteiger partial charge in [-0.15, -0.1) is 0 Å². The van der Waals surface area contributed by atoms with E-state index in [-0.39, 0.29) is 24.3 Å². The molecule has 2 amide bonds. The summed E-state index contributed by atoms with van der Waals surface area (Å²) in [7, 11) is 0. The van der Waals surface area contributed by atoms with Gasteiger partial charge in [0.2, 0.25) is 11.8 Å². The SMILES string of the molecule is Cc1cccc(CC(=O)N(Cc2cccc(C)c2)C(Cc2ccccc2)C(=O)NC2CCCC2)c1. The van der Waals surface area contributed by atoms with Gasteiger partial charge in [0.25, 0.3) is 0 Å². The quantitative estimate of drug-likeness (QED) is 0.448. The fourth-order valence-corrected chi connectivity index (χ4v) is 5.03. The molecule has 0 aliphatic heterocycles. The molecule has 0 aromatic heterocycles. The molecule has 0 heterocycles. The molecule has 4 heteroatoms. The maximum Gasteiger partial charge on any atom is 0.243 e. The first-order chi connectivity index (χ1) is 17.0. The molecular formula is C31H36N2O2. The van der Waals surface area contributed by atoms with E-state index in [4.69, 9.17) is 0 Å². The minimum atomic E-state index is -0.573. The zero-order chi connectivity index (χ0) is 24.6. The smallest absolute Gasteiger partial charge is 0.243 e. The lowest BCUT2D eigenvalue weighted by molar-refractivity contribution is -0.141. The summed E-state index contributed by atoms with van der Waals surface area (Å²) in [5.74, 6) is -0.0781. The van der Waals surface area contributed by atoms with E-state index in [0.29, 0.717) is 13.0 Å². The summed E-state index contributed by atoms with van der Waals surface area (Å²) in [5, 5.41) is 3.27. The Hall–Kier alpha value is -3.40. The number of nitrogens with zero attached hydrogens (tertiary/aromatic N) is 1. The second-order valence-corrected chi connectivity index (χ2v) is 9.87. The number of amides is 2. The molecule has 3 aromatic rings. The van der Waals surface area contributed by atoms with E-state index in [1.165, 1.54) is 0 Å². The molecule has 1 unspecified atom stereocenters. The van der Waals surface area contributed by atoms with Crippen molar-refractivity contribution in [3.05, 3.63) is 107 Å². The number of carbonyl (C=O) groups is 2. The van der Waals surface area contributed by atoms with Crippen LogP contribution in [0.4, 0.5) is 0 Å². The zero-order valence-corrected chi connectivity index (χ0v) is 20.9. The van der Waals surface area contributed by atoms with Gasteiger partial charge in [-0.1, -0.05) is 103 Å². The van der Waals surface area contributed by atoms with Gasteiger partial charge in [0.1, 0.15) is 6.04 Å². The highest BCUT2D eigenvalue weighted by Crippen LogP contribution is 2.21. The Bertz CT molecular complexity index is 1140. The van der Waals surface area contributed by atoms with Crippen molar-refractivity contribution in [2.75, 3.05) is 0 Å². The Morgan fingerprint density at radius 3 is 2.09 bits per heavy atom. The summed E-state index contributed by atoms with van der Waals surface area (Å²) in [4.78, 5) is 29.3. The molecule has 1 N–H and O–H groups in total. The predicted molar refractivity (Wildman–Crippen MR) is 141 cm³/mol. The Morgan fingerprint density at radius 1 is 0.829 bits per heavy atom. The molecule has 0 spiro atoms. The number of aryl methyl sites for hydroxylation is 2. The maximum absolute atomic E-state index is 13.8. The average Bonchev–Trinajstić information content (AvgIpc) is 3.35. The van der Waals surface area contributed by atoms with Gasteiger partial charge < -0.3 is 10.2 Å². The van der Waals surface area contributed by atoms with Crippen molar-refractivity contribution in [3.8, 4) is 0 Å². The predicted octanol–water partition coefficient (Wildman–Crippen LogP) is 5.54. The van der Waals surface area contributed by atoms with Crippen molar-refractivity contribution in [1.29, 1.82) is 0 Å². The van der Waals surface area contributed by atoms with Crippen molar-refractivity contribution in [2.24, 2.45) is 0 Å². The standard InChI is InChI=1S/C31H36N2O2/c1-23-10-8-14-26(18-23)21-30(34)33(22-27-15-9-11-24(2)19-27)29(20-25-12-4-3-5-13-25)31(35)32-28-16-6-7-17-28/h3-5,8-15,18-19,28-29H,6-7,16-17,20-22H2,1-2H3,(H,32,35). The van der Waals surface area contributed by atoms with Crippen LogP contribution >= 0.6 is 0 Å². The summed E-state index contributed by atoms with van der Waals surface area (Å²) in [5.41, 5.74) is 5.33. The first kappa shape index (κ1) is 24.7. The van der Waals surface area contributed by atoms with Crippen molar-refractivity contribution in [1.82, 2.24) is 10.2 Å². The lowest BCUT2D eigenvalue weighted by atomic mass is 10.0. The second kappa shape index (κ2) is 11.8. The van der Waals surface area contributed by atoms with E-state index in [2.05, 4.69) is 24.4 Å². The first-order valence-corrected chi connectivity index (χ1v) is 12.7. The zero-order valence-electron chi connectivity index (χ0n) is 20.9. The topological polar surface area (TPSA) is 49.4 Å². The number of hydrogen-bond donors (Lipinski definition) is 1. The molecule has 1 saturated carbocycles. The van der Waals surface area contributed by atoms with Crippen LogP contribution in [0.25, 0.3) is 0 Å². The van der Waals surface area contributed by atoms with E-state index in [9.17, 15) is 9.59 Å². The van der Waals surface area contributed by atoms with E-state index in [1.54, 1.807) is 4.90 Å². The molecule has 0 saturated heterocycles. The average molecular weight is 469 g/mol. The van der Waals surface area contributed by atoms with E-state index >= 15 is 0 Å². The Morgan fingerprint density at radius 2 is 1.43 bits per heavy atom. The maximum atomic E-state index is 13.8. The van der Waals surface area contributed by atoms with Crippen LogP contribution in [0.1, 0.15) is 53.5 Å². The monoisotopic (exact) mass is 468 g/mol. The molecule has 3 aromatic carbocycles. The number of hydrogen-bond acceptors (Lipinski definition) is 2. The third-order valence-electron chi connectivity index (χ3n) is 6.85. The molecule has 1 fully saturated rings. The lowest BCUT2D eigenvalue weighted by Gasteiger charge is -2.32. The van der Waals surface area contributed by atoms with Crippen LogP contribution in [0.2, 0.25) is 0 Å². The Labute approximate surface area is 209 Å². The van der Waals surface area contributed by atoms with E-state index < -0.39 is 6.04 Å². The van der Waals surface area contributed by atoms with Crippen molar-refractivity contribution >= 4 is 11.8 Å². The molecule has 0 bridgehead atoms. The summed E-state index contributed by atoms with van der Waals surface area (Å²) in [6, 6.07) is 25.9. The molecule has 1 atom stereocenters. The van der Waals surface area contributed by atoms with Crippen molar-refractivity contribution in [2.45, 2.75) is 71.0 Å². The highest BCUT2D eigenvalue weighted by Gasteiger charge is 2.32. The number of benzene rings is 3. The lowest BCUT2D eigenvalue weighted by Crippen LogP contribution is -2.52. The highest BCUT2D eigenvalue weighted by molar-refractivity contribution is 5.89. The highest BCUT2D eigenvalue weighted by atomic mass is 16.2. The third-order valence-corrected chi connectivity index (χ3v) is 6.85. The normalized spacial score (nSPS) is 14.5. The Balaban J connectivity index is 1.66. The van der Waals surface area contributed by atoms with Gasteiger partial charge in [0.05, 0.1) is 6.42 Å². The van der Waals surface area contributed by atoms with Gasteiger partial charge in [0, 0.05) is 19.0 Å². The summed E-state index contributed by atoms with van der Waals surface area (Å²) in [6.07, 6.45) is 5.08. The molecule has 4 rings (SSSR count). The molecule has 0 radical (unpaired) electrons. The van der Waals surface area contributed by atoms with Gasteiger partial charge in [-0.25, -0.2) is 0 Å². The fourth-order valence-electron chi connectivity index (χ4n) is 5.03. The van der Waals surface area contributed by atoms with Crippen LogP contribution in [0.15, 0.2) is 78.9 Å². The van der Waals surface area contributed by atoms with Gasteiger partial charge in [-0.2, -0.15) is 0 Å². The number of carbonyl (C=O) groups excluding carboxylic acids is 2. The van der Waals surface area contributed by atoms with Crippen LogP contribution < -0.4 is 5.32 Å². The van der Waals surface area contributed by atoms with Gasteiger partial charge in [0.15, 0.2) is 0 Å². The van der Waals surface area contributed by atoms with Crippen LogP contribution in [0.5, 0.6) is 0 Å². The molecule has 182 valence electrons. The van der Waals surface area contributed by atoms with E-state index in [1.807, 2.05) is 73.7 Å². The molecular weight excluding hydrogens is 432 g/mol. The van der Waals surface area contributed by atoms with Crippen LogP contribution in [0, 0.1) is 13.8 Å². The fraction of sp³-hybridized carbons (Fsp3) is 0.355. The summed E-state index contributed by atoms with van der Waals surface area (Å²) in [6.45, 7) is 4.49. The Kier molecular flexibility index (Phi) is 8.36. The molecule has 35 heavy (non-hydrogen) atoms. The van der Waals surface area contributed by atoms with E-state index in [0.717, 1.165) is 53.5 Å². The first-order valence-electron chi connectivity index (χ1n) is 12.7. The van der Waals surface area contributed by atoms with Crippen LogP contribution in [-0.2, 0) is 29.0 Å². The van der Waals surface area contributed by atoms with Gasteiger partial charge in [-0.05, 0) is 43.4 Å². The minimum Gasteiger partial charge on any atom is -0.352 e. The van der Waals surface area contributed by atoms with Crippen molar-refractivity contribution < 1.29 is 9.59 Å². The number of rotatable bonds is 9. The van der Waals surface area contributed by atoms with Gasteiger partial charge in [-0.3, -0.25) is 9.59 Å². The van der Waals surface area contributed by atoms with Gasteiger partial charge >= 0.3 is 0 Å². The van der Waals surface area contributed by atoms with Crippen LogP contribution in [-0.4, -0.2) is 28.8 Å². The number of nitrogens with one attached hydrogen (secondary N) is 1. The third kappa shape index (κ3) is 7.05. The molecule has 1 aliphatic carbocycles. The van der Waals surface area contributed by atoms with Crippen molar-refractivity contribution in [3.63, 3.8) is 0 Å². The second-order valence-electron chi connectivity index (χ2n) is 9.87. The summed E-state index contributed by atoms with van der Waals surface area (Å²) < 4.78 is 0. The minimum absolute atomic E-state index is 0.0281.